The minimum atomic E-state index is -0.232. The number of rotatable bonds is 4. The fourth-order valence-electron chi connectivity index (χ4n) is 3.88. The van der Waals surface area contributed by atoms with Crippen LogP contribution < -0.4 is 5.32 Å². The first-order valence-corrected chi connectivity index (χ1v) is 9.81. The Morgan fingerprint density at radius 2 is 1.85 bits per heavy atom. The van der Waals surface area contributed by atoms with Crippen LogP contribution in [0.4, 0.5) is 0 Å². The van der Waals surface area contributed by atoms with Crippen molar-refractivity contribution in [3.05, 3.63) is 47.3 Å². The molecule has 0 aromatic carbocycles. The highest BCUT2D eigenvalue weighted by molar-refractivity contribution is 5.97. The van der Waals surface area contributed by atoms with E-state index in [-0.39, 0.29) is 11.8 Å². The molecule has 2 amide bonds. The normalized spacial score (nSPS) is 16.7. The summed E-state index contributed by atoms with van der Waals surface area (Å²) in [5.74, 6) is 0.153. The maximum Gasteiger partial charge on any atom is 0.289 e. The van der Waals surface area contributed by atoms with Crippen molar-refractivity contribution in [3.8, 4) is 0 Å². The van der Waals surface area contributed by atoms with Gasteiger partial charge in [0.25, 0.3) is 11.8 Å². The third kappa shape index (κ3) is 3.72. The van der Waals surface area contributed by atoms with E-state index in [9.17, 15) is 9.59 Å². The molecule has 1 N–H and O–H groups in total. The molecule has 0 unspecified atom stereocenters. The van der Waals surface area contributed by atoms with Crippen molar-refractivity contribution in [3.63, 3.8) is 0 Å². The Kier molecular flexibility index (Phi) is 5.18. The summed E-state index contributed by atoms with van der Waals surface area (Å²) in [5.41, 5.74) is 2.08. The number of nitrogens with zero attached hydrogens (tertiary/aromatic N) is 4. The summed E-state index contributed by atoms with van der Waals surface area (Å²) in [7, 11) is 0. The molecule has 7 nitrogen and oxygen atoms in total. The van der Waals surface area contributed by atoms with Crippen molar-refractivity contribution in [2.75, 3.05) is 13.1 Å². The monoisotopic (exact) mass is 367 g/mol. The SMILES string of the molecule is O=C(NCc1ccccn1)c1nc(C(=O)N2CCCCC2)n2c1CCCC2. The minimum absolute atomic E-state index is 0.0402. The van der Waals surface area contributed by atoms with E-state index in [0.717, 1.165) is 63.1 Å². The zero-order chi connectivity index (χ0) is 18.6. The zero-order valence-corrected chi connectivity index (χ0v) is 15.5. The molecule has 2 aliphatic rings. The smallest absolute Gasteiger partial charge is 0.289 e. The Balaban J connectivity index is 1.56. The predicted molar refractivity (Wildman–Crippen MR) is 100 cm³/mol. The van der Waals surface area contributed by atoms with Crippen LogP contribution in [0.1, 0.15) is 64.6 Å². The molecule has 4 heterocycles. The number of hydrogen-bond donors (Lipinski definition) is 1. The van der Waals surface area contributed by atoms with E-state index in [2.05, 4.69) is 15.3 Å². The second-order valence-electron chi connectivity index (χ2n) is 7.20. The van der Waals surface area contributed by atoms with Crippen LogP contribution in [0.2, 0.25) is 0 Å². The second kappa shape index (κ2) is 7.90. The van der Waals surface area contributed by atoms with E-state index in [0.29, 0.717) is 18.1 Å². The number of fused-ring (bicyclic) bond motifs is 1. The van der Waals surface area contributed by atoms with E-state index < -0.39 is 0 Å². The van der Waals surface area contributed by atoms with Crippen molar-refractivity contribution < 1.29 is 9.59 Å². The molecule has 0 aliphatic carbocycles. The van der Waals surface area contributed by atoms with Gasteiger partial charge in [-0.2, -0.15) is 0 Å². The van der Waals surface area contributed by atoms with Gasteiger partial charge in [0.2, 0.25) is 0 Å². The molecule has 4 rings (SSSR count). The van der Waals surface area contributed by atoms with Crippen LogP contribution in [-0.2, 0) is 19.5 Å². The average Bonchev–Trinajstić information content (AvgIpc) is 3.13. The number of aromatic nitrogens is 3. The molecule has 142 valence electrons. The van der Waals surface area contributed by atoms with Gasteiger partial charge in [-0.3, -0.25) is 14.6 Å². The fourth-order valence-corrected chi connectivity index (χ4v) is 3.88. The number of nitrogens with one attached hydrogen (secondary N) is 1. The highest BCUT2D eigenvalue weighted by Gasteiger charge is 2.30. The van der Waals surface area contributed by atoms with Gasteiger partial charge in [-0.15, -0.1) is 0 Å². The molecule has 0 atom stereocenters. The first-order chi connectivity index (χ1) is 13.2. The quantitative estimate of drug-likeness (QED) is 0.898. The number of amides is 2. The molecule has 0 saturated carbocycles. The minimum Gasteiger partial charge on any atom is -0.345 e. The lowest BCUT2D eigenvalue weighted by Gasteiger charge is -2.27. The molecular weight excluding hydrogens is 342 g/mol. The third-order valence-corrected chi connectivity index (χ3v) is 5.32. The number of piperidine rings is 1. The van der Waals surface area contributed by atoms with Crippen LogP contribution in [0.25, 0.3) is 0 Å². The van der Waals surface area contributed by atoms with Gasteiger partial charge in [0.05, 0.1) is 17.9 Å². The van der Waals surface area contributed by atoms with Crippen molar-refractivity contribution in [1.82, 2.24) is 24.8 Å². The van der Waals surface area contributed by atoms with E-state index >= 15 is 0 Å². The van der Waals surface area contributed by atoms with Crippen molar-refractivity contribution in [2.45, 2.75) is 51.6 Å². The van der Waals surface area contributed by atoms with Gasteiger partial charge in [-0.1, -0.05) is 6.07 Å². The number of hydrogen-bond acceptors (Lipinski definition) is 4. The topological polar surface area (TPSA) is 80.1 Å². The Labute approximate surface area is 158 Å². The molecule has 27 heavy (non-hydrogen) atoms. The second-order valence-corrected chi connectivity index (χ2v) is 7.20. The fraction of sp³-hybridized carbons (Fsp3) is 0.500. The predicted octanol–water partition coefficient (Wildman–Crippen LogP) is 2.17. The van der Waals surface area contributed by atoms with Crippen molar-refractivity contribution >= 4 is 11.8 Å². The Morgan fingerprint density at radius 1 is 1.04 bits per heavy atom. The number of carbonyl (C=O) groups excluding carboxylic acids is 2. The Morgan fingerprint density at radius 3 is 2.63 bits per heavy atom. The summed E-state index contributed by atoms with van der Waals surface area (Å²) in [4.78, 5) is 36.4. The number of pyridine rings is 1. The summed E-state index contributed by atoms with van der Waals surface area (Å²) >= 11 is 0. The van der Waals surface area contributed by atoms with Gasteiger partial charge >= 0.3 is 0 Å². The van der Waals surface area contributed by atoms with Gasteiger partial charge in [-0.25, -0.2) is 4.98 Å². The van der Waals surface area contributed by atoms with Crippen LogP contribution in [0.5, 0.6) is 0 Å². The molecule has 0 spiro atoms. The van der Waals surface area contributed by atoms with Gasteiger partial charge in [0.1, 0.15) is 5.69 Å². The number of imidazole rings is 1. The van der Waals surface area contributed by atoms with Crippen LogP contribution in [0.3, 0.4) is 0 Å². The third-order valence-electron chi connectivity index (χ3n) is 5.32. The lowest BCUT2D eigenvalue weighted by atomic mass is 10.1. The Bertz CT molecular complexity index is 824. The Hall–Kier alpha value is -2.70. The molecule has 1 fully saturated rings. The summed E-state index contributed by atoms with van der Waals surface area (Å²) in [6, 6.07) is 5.60. The number of likely N-dealkylation sites (tertiary alicyclic amines) is 1. The molecule has 2 aliphatic heterocycles. The van der Waals surface area contributed by atoms with Crippen LogP contribution in [-0.4, -0.2) is 44.3 Å². The van der Waals surface area contributed by atoms with E-state index in [4.69, 9.17) is 0 Å². The van der Waals surface area contributed by atoms with Gasteiger partial charge < -0.3 is 14.8 Å². The summed E-state index contributed by atoms with van der Waals surface area (Å²) < 4.78 is 1.97. The summed E-state index contributed by atoms with van der Waals surface area (Å²) in [6.07, 6.45) is 7.77. The van der Waals surface area contributed by atoms with Crippen LogP contribution in [0, 0.1) is 0 Å². The van der Waals surface area contributed by atoms with E-state index in [1.807, 2.05) is 27.7 Å². The maximum atomic E-state index is 13.0. The lowest BCUT2D eigenvalue weighted by Crippen LogP contribution is -2.37. The van der Waals surface area contributed by atoms with Gasteiger partial charge in [0.15, 0.2) is 5.82 Å². The van der Waals surface area contributed by atoms with Crippen molar-refractivity contribution in [2.24, 2.45) is 0 Å². The highest BCUT2D eigenvalue weighted by atomic mass is 16.2. The molecule has 0 radical (unpaired) electrons. The van der Waals surface area contributed by atoms with Crippen LogP contribution >= 0.6 is 0 Å². The lowest BCUT2D eigenvalue weighted by molar-refractivity contribution is 0.0705. The van der Waals surface area contributed by atoms with Gasteiger partial charge in [0, 0.05) is 25.8 Å². The molecule has 0 bridgehead atoms. The first kappa shape index (κ1) is 17.7. The van der Waals surface area contributed by atoms with E-state index in [1.165, 1.54) is 6.42 Å². The molecule has 7 heteroatoms. The van der Waals surface area contributed by atoms with Gasteiger partial charge in [-0.05, 0) is 50.7 Å². The highest BCUT2D eigenvalue weighted by Crippen LogP contribution is 2.23. The molecule has 2 aromatic rings. The van der Waals surface area contributed by atoms with Crippen LogP contribution in [0.15, 0.2) is 24.4 Å². The molecule has 2 aromatic heterocycles. The molecule has 1 saturated heterocycles. The van der Waals surface area contributed by atoms with Crippen molar-refractivity contribution in [1.29, 1.82) is 0 Å². The number of carbonyl (C=O) groups is 2. The standard InChI is InChI=1S/C20H25N5O2/c26-19(22-14-15-8-2-4-10-21-15)17-16-9-3-7-13-25(16)18(23-17)20(27)24-11-5-1-6-12-24/h2,4,8,10H,1,3,5-7,9,11-14H2,(H,22,26). The maximum absolute atomic E-state index is 13.0. The average molecular weight is 367 g/mol. The largest absolute Gasteiger partial charge is 0.345 e. The first-order valence-electron chi connectivity index (χ1n) is 9.81. The molecular formula is C20H25N5O2. The summed E-state index contributed by atoms with van der Waals surface area (Å²) in [5, 5.41) is 2.89. The summed E-state index contributed by atoms with van der Waals surface area (Å²) in [6.45, 7) is 2.66. The van der Waals surface area contributed by atoms with E-state index in [1.54, 1.807) is 6.20 Å². The zero-order valence-electron chi connectivity index (χ0n) is 15.5.